The van der Waals surface area contributed by atoms with Gasteiger partial charge in [-0.1, -0.05) is 19.1 Å². The fourth-order valence-electron chi connectivity index (χ4n) is 1.30. The summed E-state index contributed by atoms with van der Waals surface area (Å²) in [6.45, 7) is 4.70. The highest BCUT2D eigenvalue weighted by atomic mass is 35.5. The monoisotopic (exact) mass is 202 g/mol. The summed E-state index contributed by atoms with van der Waals surface area (Å²) in [5, 5.41) is 1.40. The molecule has 0 unspecified atom stereocenters. The Hall–Kier alpha value is -0.213. The van der Waals surface area contributed by atoms with Crippen LogP contribution in [0.15, 0.2) is 23.0 Å². The van der Waals surface area contributed by atoms with E-state index in [4.69, 9.17) is 16.0 Å². The van der Waals surface area contributed by atoms with Gasteiger partial charge >= 0.3 is 0 Å². The Morgan fingerprint density at radius 3 is 2.75 bits per heavy atom. The van der Waals surface area contributed by atoms with Gasteiger partial charge in [-0.2, -0.15) is 0 Å². The lowest BCUT2D eigenvalue weighted by atomic mass is 10.6. The zero-order chi connectivity index (χ0) is 9.03. The average molecular weight is 203 g/mol. The van der Waals surface area contributed by atoms with Crippen molar-refractivity contribution in [1.29, 1.82) is 0 Å². The smallest absolute Gasteiger partial charge is 0.0901 e. The third-order valence-corrected chi connectivity index (χ3v) is 5.96. The molecule has 1 nitrogen and oxygen atoms in total. The summed E-state index contributed by atoms with van der Waals surface area (Å²) in [5.74, 6) is 0.772. The Balaban J connectivity index is 2.59. The van der Waals surface area contributed by atoms with Crippen molar-refractivity contribution in [3.05, 3.63) is 18.6 Å². The van der Waals surface area contributed by atoms with E-state index in [9.17, 15) is 0 Å². The largest absolute Gasteiger partial charge is 0.473 e. The summed E-state index contributed by atoms with van der Waals surface area (Å²) >= 11 is 5.67. The van der Waals surface area contributed by atoms with Gasteiger partial charge in [-0.15, -0.1) is 11.6 Å². The molecule has 0 saturated heterocycles. The van der Waals surface area contributed by atoms with E-state index in [-0.39, 0.29) is 0 Å². The maximum atomic E-state index is 5.67. The molecular weight excluding hydrogens is 188 g/mol. The predicted octanol–water partition coefficient (Wildman–Crippen LogP) is 2.82. The molecule has 0 saturated carbocycles. The topological polar surface area (TPSA) is 13.1 Å². The van der Waals surface area contributed by atoms with Gasteiger partial charge < -0.3 is 4.42 Å². The van der Waals surface area contributed by atoms with Crippen molar-refractivity contribution in [3.8, 4) is 0 Å². The quantitative estimate of drug-likeness (QED) is 0.541. The minimum Gasteiger partial charge on any atom is -0.473 e. The number of furan rings is 1. The van der Waals surface area contributed by atoms with Gasteiger partial charge in [0.25, 0.3) is 0 Å². The van der Waals surface area contributed by atoms with Gasteiger partial charge in [0, 0.05) is 5.88 Å². The summed E-state index contributed by atoms with van der Waals surface area (Å²) in [5.41, 5.74) is 0. The summed E-state index contributed by atoms with van der Waals surface area (Å²) in [4.78, 5) is 0. The van der Waals surface area contributed by atoms with E-state index in [1.54, 1.807) is 6.26 Å². The van der Waals surface area contributed by atoms with E-state index < -0.39 is 8.07 Å². The van der Waals surface area contributed by atoms with E-state index >= 15 is 0 Å². The predicted molar refractivity (Wildman–Crippen MR) is 56.0 cm³/mol. The Kier molecular flexibility index (Phi) is 3.41. The highest BCUT2D eigenvalue weighted by Gasteiger charge is 2.23. The van der Waals surface area contributed by atoms with Crippen molar-refractivity contribution in [1.82, 2.24) is 0 Å². The fraction of sp³-hybridized carbons (Fsp3) is 0.556. The standard InChI is InChI=1S/C9H15ClOSi/c1-12(2,7-3-5-10)9-4-6-11-8-9/h4,6,8H,3,5,7H2,1-2H3. The number of hydrogen-bond donors (Lipinski definition) is 0. The maximum absolute atomic E-state index is 5.67. The van der Waals surface area contributed by atoms with Crippen LogP contribution in [0.4, 0.5) is 0 Å². The molecule has 0 fully saturated rings. The molecule has 0 N–H and O–H groups in total. The Bertz CT molecular complexity index is 218. The normalized spacial score (nSPS) is 11.9. The van der Waals surface area contributed by atoms with Crippen LogP contribution in [-0.2, 0) is 0 Å². The number of halogens is 1. The van der Waals surface area contributed by atoms with Gasteiger partial charge in [0.1, 0.15) is 0 Å². The van der Waals surface area contributed by atoms with Crippen LogP contribution < -0.4 is 5.19 Å². The van der Waals surface area contributed by atoms with Gasteiger partial charge in [-0.25, -0.2) is 0 Å². The van der Waals surface area contributed by atoms with Crippen molar-refractivity contribution in [3.63, 3.8) is 0 Å². The number of hydrogen-bond acceptors (Lipinski definition) is 1. The molecule has 0 aliphatic heterocycles. The van der Waals surface area contributed by atoms with Crippen LogP contribution >= 0.6 is 11.6 Å². The molecule has 3 heteroatoms. The van der Waals surface area contributed by atoms with Crippen molar-refractivity contribution in [2.24, 2.45) is 0 Å². The zero-order valence-corrected chi connectivity index (χ0v) is 9.40. The Morgan fingerprint density at radius 1 is 1.50 bits per heavy atom. The van der Waals surface area contributed by atoms with E-state index in [1.165, 1.54) is 11.2 Å². The molecule has 0 radical (unpaired) electrons. The molecule has 1 aromatic heterocycles. The van der Waals surface area contributed by atoms with E-state index in [0.29, 0.717) is 0 Å². The third-order valence-electron chi connectivity index (χ3n) is 2.24. The van der Waals surface area contributed by atoms with Crippen molar-refractivity contribution < 1.29 is 4.42 Å². The van der Waals surface area contributed by atoms with Crippen LogP contribution in [0.2, 0.25) is 19.1 Å². The van der Waals surface area contributed by atoms with Crippen LogP contribution in [-0.4, -0.2) is 14.0 Å². The zero-order valence-electron chi connectivity index (χ0n) is 7.64. The highest BCUT2D eigenvalue weighted by molar-refractivity contribution is 6.89. The molecule has 0 amide bonds. The van der Waals surface area contributed by atoms with Gasteiger partial charge in [0.15, 0.2) is 0 Å². The Labute approximate surface area is 79.7 Å². The van der Waals surface area contributed by atoms with Crippen LogP contribution in [0.3, 0.4) is 0 Å². The number of rotatable bonds is 4. The first-order chi connectivity index (χ1) is 5.67. The average Bonchev–Trinajstić information content (AvgIpc) is 2.53. The summed E-state index contributed by atoms with van der Waals surface area (Å²) in [6.07, 6.45) is 4.75. The molecule has 12 heavy (non-hydrogen) atoms. The molecule has 0 aliphatic carbocycles. The molecule has 1 rings (SSSR count). The molecular formula is C9H15ClOSi. The van der Waals surface area contributed by atoms with Gasteiger partial charge in [-0.3, -0.25) is 0 Å². The first kappa shape index (κ1) is 9.87. The first-order valence-corrected chi connectivity index (χ1v) is 7.99. The fourth-order valence-corrected chi connectivity index (χ4v) is 3.92. The molecule has 0 aliphatic rings. The second-order valence-corrected chi connectivity index (χ2v) is 8.91. The van der Waals surface area contributed by atoms with Crippen LogP contribution in [0.1, 0.15) is 6.42 Å². The summed E-state index contributed by atoms with van der Waals surface area (Å²) in [7, 11) is -1.23. The second-order valence-electron chi connectivity index (χ2n) is 3.69. The van der Waals surface area contributed by atoms with Crippen molar-refractivity contribution in [2.45, 2.75) is 25.6 Å². The molecule has 68 valence electrons. The molecule has 0 spiro atoms. The molecule has 0 bridgehead atoms. The van der Waals surface area contributed by atoms with Crippen LogP contribution in [0.5, 0.6) is 0 Å². The lowest BCUT2D eigenvalue weighted by molar-refractivity contribution is 0.569. The third kappa shape index (κ3) is 2.39. The summed E-state index contributed by atoms with van der Waals surface area (Å²) < 4.78 is 5.08. The van der Waals surface area contributed by atoms with Crippen molar-refractivity contribution in [2.75, 3.05) is 5.88 Å². The number of alkyl halides is 1. The summed E-state index contributed by atoms with van der Waals surface area (Å²) in [6, 6.07) is 3.33. The van der Waals surface area contributed by atoms with Crippen LogP contribution in [0.25, 0.3) is 0 Å². The lowest BCUT2D eigenvalue weighted by Gasteiger charge is -2.19. The molecule has 0 atom stereocenters. The molecule has 1 heterocycles. The van der Waals surface area contributed by atoms with Crippen molar-refractivity contribution >= 4 is 24.9 Å². The van der Waals surface area contributed by atoms with E-state index in [0.717, 1.165) is 12.3 Å². The lowest BCUT2D eigenvalue weighted by Crippen LogP contribution is -2.40. The van der Waals surface area contributed by atoms with E-state index in [2.05, 4.69) is 19.2 Å². The van der Waals surface area contributed by atoms with E-state index in [1.807, 2.05) is 6.26 Å². The minimum absolute atomic E-state index is 0.772. The highest BCUT2D eigenvalue weighted by Crippen LogP contribution is 2.12. The van der Waals surface area contributed by atoms with Crippen LogP contribution in [0, 0.1) is 0 Å². The van der Waals surface area contributed by atoms with Gasteiger partial charge in [-0.05, 0) is 17.7 Å². The van der Waals surface area contributed by atoms with Gasteiger partial charge in [0.2, 0.25) is 0 Å². The van der Waals surface area contributed by atoms with Gasteiger partial charge in [0.05, 0.1) is 20.6 Å². The Morgan fingerprint density at radius 2 is 2.25 bits per heavy atom. The first-order valence-electron chi connectivity index (χ1n) is 4.25. The minimum atomic E-state index is -1.23. The second kappa shape index (κ2) is 4.15. The molecule has 0 aromatic carbocycles. The molecule has 1 aromatic rings. The SMILES string of the molecule is C[Si](C)(CCCCl)c1ccoc1. The maximum Gasteiger partial charge on any atom is 0.0901 e.